The summed E-state index contributed by atoms with van der Waals surface area (Å²) in [5.41, 5.74) is -0.818. The van der Waals surface area contributed by atoms with E-state index in [-0.39, 0.29) is 50.1 Å². The number of quaternary nitrogens is 1. The van der Waals surface area contributed by atoms with Crippen LogP contribution < -0.4 is 12.4 Å². The summed E-state index contributed by atoms with van der Waals surface area (Å²) in [6, 6.07) is 0. The van der Waals surface area contributed by atoms with Gasteiger partial charge >= 0.3 is 17.9 Å². The molecule has 7 nitrogen and oxygen atoms in total. The SMILES string of the molecule is CCCCCCCCCCCCCCCCCC(=O)OCC(COC(=O)CCCCCCCCCCC)(COC(=O)CCCCCCCCCCCCCCCCC)C[N+](C)(C)C.[Cl-]. The molecule has 0 aromatic carbocycles. The van der Waals surface area contributed by atoms with E-state index in [0.29, 0.717) is 30.3 Å². The van der Waals surface area contributed by atoms with Crippen LogP contribution in [-0.2, 0) is 28.6 Å². The zero-order valence-corrected chi connectivity index (χ0v) is 44.6. The Morgan fingerprint density at radius 2 is 0.484 bits per heavy atom. The second kappa shape index (κ2) is 48.1. The zero-order chi connectivity index (χ0) is 46.4. The molecule has 382 valence electrons. The van der Waals surface area contributed by atoms with Crippen LogP contribution in [0, 0.1) is 5.41 Å². The molecular weight excluding hydrogens is 818 g/mol. The summed E-state index contributed by atoms with van der Waals surface area (Å²) in [4.78, 5) is 39.2. The molecule has 0 saturated carbocycles. The normalized spacial score (nSPS) is 11.7. The number of rotatable bonds is 50. The van der Waals surface area contributed by atoms with Crippen molar-refractivity contribution in [1.82, 2.24) is 0 Å². The fraction of sp³-hybridized carbons (Fsp3) is 0.946. The maximum atomic E-state index is 13.1. The average molecular weight is 929 g/mol. The second-order valence-corrected chi connectivity index (χ2v) is 20.9. The number of unbranched alkanes of at least 4 members (excludes halogenated alkanes) is 36. The van der Waals surface area contributed by atoms with Crippen LogP contribution in [-0.4, -0.2) is 69.9 Å². The molecule has 0 aliphatic heterocycles. The monoisotopic (exact) mass is 928 g/mol. The van der Waals surface area contributed by atoms with Crippen molar-refractivity contribution < 1.29 is 45.5 Å². The van der Waals surface area contributed by atoms with Crippen molar-refractivity contribution in [2.75, 3.05) is 47.5 Å². The van der Waals surface area contributed by atoms with Crippen molar-refractivity contribution in [2.45, 2.75) is 290 Å². The van der Waals surface area contributed by atoms with Gasteiger partial charge in [-0.2, -0.15) is 0 Å². The van der Waals surface area contributed by atoms with E-state index < -0.39 is 5.41 Å². The summed E-state index contributed by atoms with van der Waals surface area (Å²) in [5.74, 6) is -0.668. The van der Waals surface area contributed by atoms with Gasteiger partial charge in [0, 0.05) is 19.3 Å². The van der Waals surface area contributed by atoms with Crippen molar-refractivity contribution >= 4 is 17.9 Å². The van der Waals surface area contributed by atoms with Gasteiger partial charge in [0.05, 0.1) is 27.7 Å². The lowest BCUT2D eigenvalue weighted by Crippen LogP contribution is -3.00. The summed E-state index contributed by atoms with van der Waals surface area (Å²) in [5, 5.41) is 0. The molecule has 0 aliphatic rings. The molecule has 0 aromatic rings. The Kier molecular flexibility index (Phi) is 48.7. The van der Waals surface area contributed by atoms with Gasteiger partial charge in [-0.25, -0.2) is 0 Å². The van der Waals surface area contributed by atoms with Crippen molar-refractivity contribution in [3.8, 4) is 0 Å². The van der Waals surface area contributed by atoms with Crippen LogP contribution in [0.1, 0.15) is 290 Å². The van der Waals surface area contributed by atoms with Crippen LogP contribution in [0.25, 0.3) is 0 Å². The predicted molar refractivity (Wildman–Crippen MR) is 269 cm³/mol. The zero-order valence-electron chi connectivity index (χ0n) is 43.8. The molecule has 0 aromatic heterocycles. The van der Waals surface area contributed by atoms with Gasteiger partial charge in [0.25, 0.3) is 0 Å². The standard InChI is InChI=1S/C56H110NO6.ClH/c1-7-10-13-16-19-22-24-26-28-30-32-35-38-41-44-47-54(59)62-51-56(49-57(4,5)6,50-61-53(58)46-43-40-37-34-21-18-15-12-9-3)52-63-55(60)48-45-42-39-36-33-31-29-27-25-23-20-17-14-11-8-2;/h7-52H2,1-6H3;1H/q+1;/p-1. The largest absolute Gasteiger partial charge is 1.00 e. The number of nitrogens with zero attached hydrogens (tertiary/aromatic N) is 1. The number of carbonyl (C=O) groups is 3. The summed E-state index contributed by atoms with van der Waals surface area (Å²) >= 11 is 0. The summed E-state index contributed by atoms with van der Waals surface area (Å²) in [6.45, 7) is 7.54. The maximum Gasteiger partial charge on any atom is 0.305 e. The molecule has 0 heterocycles. The Labute approximate surface area is 405 Å². The van der Waals surface area contributed by atoms with Gasteiger partial charge in [0.1, 0.15) is 25.2 Å². The minimum atomic E-state index is -0.818. The van der Waals surface area contributed by atoms with Crippen molar-refractivity contribution in [1.29, 1.82) is 0 Å². The Bertz CT molecular complexity index is 966. The first-order valence-electron chi connectivity index (χ1n) is 27.8. The molecule has 0 amide bonds. The Morgan fingerprint density at radius 1 is 0.312 bits per heavy atom. The number of esters is 3. The molecule has 0 atom stereocenters. The van der Waals surface area contributed by atoms with E-state index in [0.717, 1.165) is 57.8 Å². The highest BCUT2D eigenvalue weighted by Crippen LogP contribution is 2.25. The van der Waals surface area contributed by atoms with E-state index >= 15 is 0 Å². The molecule has 0 radical (unpaired) electrons. The molecule has 64 heavy (non-hydrogen) atoms. The molecule has 0 spiro atoms. The van der Waals surface area contributed by atoms with Crippen LogP contribution in [0.15, 0.2) is 0 Å². The topological polar surface area (TPSA) is 78.9 Å². The van der Waals surface area contributed by atoms with Gasteiger partial charge in [0.15, 0.2) is 0 Å². The van der Waals surface area contributed by atoms with Gasteiger partial charge in [-0.1, -0.05) is 252 Å². The van der Waals surface area contributed by atoms with Gasteiger partial charge in [0.2, 0.25) is 0 Å². The summed E-state index contributed by atoms with van der Waals surface area (Å²) in [7, 11) is 6.23. The van der Waals surface area contributed by atoms with Crippen LogP contribution in [0.4, 0.5) is 0 Å². The Morgan fingerprint density at radius 3 is 0.656 bits per heavy atom. The fourth-order valence-corrected chi connectivity index (χ4v) is 9.05. The van der Waals surface area contributed by atoms with E-state index in [1.807, 2.05) is 0 Å². The molecule has 8 heteroatoms. The number of hydrogen-bond donors (Lipinski definition) is 0. The van der Waals surface area contributed by atoms with Crippen LogP contribution >= 0.6 is 0 Å². The van der Waals surface area contributed by atoms with Crippen LogP contribution in [0.3, 0.4) is 0 Å². The fourth-order valence-electron chi connectivity index (χ4n) is 9.05. The van der Waals surface area contributed by atoms with Gasteiger partial charge in [-0.3, -0.25) is 14.4 Å². The third-order valence-corrected chi connectivity index (χ3v) is 12.9. The molecule has 0 rings (SSSR count). The third kappa shape index (κ3) is 47.2. The second-order valence-electron chi connectivity index (χ2n) is 20.9. The van der Waals surface area contributed by atoms with Crippen LogP contribution in [0.5, 0.6) is 0 Å². The highest BCUT2D eigenvalue weighted by molar-refractivity contribution is 5.70. The first-order chi connectivity index (χ1) is 30.6. The number of carbonyl (C=O) groups excluding carboxylic acids is 3. The number of ether oxygens (including phenoxy) is 3. The van der Waals surface area contributed by atoms with Gasteiger partial charge < -0.3 is 31.1 Å². The lowest BCUT2D eigenvalue weighted by Gasteiger charge is -2.38. The van der Waals surface area contributed by atoms with Crippen LogP contribution in [0.2, 0.25) is 0 Å². The summed E-state index contributed by atoms with van der Waals surface area (Å²) in [6.07, 6.45) is 50.3. The van der Waals surface area contributed by atoms with Crippen molar-refractivity contribution in [3.05, 3.63) is 0 Å². The Hall–Kier alpha value is -1.34. The molecule has 0 bridgehead atoms. The highest BCUT2D eigenvalue weighted by Gasteiger charge is 2.41. The smallest absolute Gasteiger partial charge is 0.305 e. The lowest BCUT2D eigenvalue weighted by atomic mass is 9.89. The van der Waals surface area contributed by atoms with E-state index in [1.54, 1.807) is 0 Å². The Balaban J connectivity index is 0. The minimum Gasteiger partial charge on any atom is -1.00 e. The highest BCUT2D eigenvalue weighted by atomic mass is 35.5. The molecular formula is C56H110ClNO6. The average Bonchev–Trinajstić information content (AvgIpc) is 3.25. The molecule has 0 unspecified atom stereocenters. The van der Waals surface area contributed by atoms with E-state index in [4.69, 9.17) is 14.2 Å². The number of hydrogen-bond acceptors (Lipinski definition) is 6. The molecule has 0 N–H and O–H groups in total. The predicted octanol–water partition coefficient (Wildman–Crippen LogP) is 13.8. The van der Waals surface area contributed by atoms with Gasteiger partial charge in [-0.15, -0.1) is 0 Å². The minimum absolute atomic E-state index is 0. The molecule has 0 fully saturated rings. The summed E-state index contributed by atoms with van der Waals surface area (Å²) < 4.78 is 18.4. The maximum absolute atomic E-state index is 13.1. The van der Waals surface area contributed by atoms with Crippen molar-refractivity contribution in [2.24, 2.45) is 5.41 Å². The first-order valence-corrected chi connectivity index (χ1v) is 27.8. The van der Waals surface area contributed by atoms with E-state index in [1.165, 1.54) is 193 Å². The van der Waals surface area contributed by atoms with E-state index in [9.17, 15) is 14.4 Å². The van der Waals surface area contributed by atoms with E-state index in [2.05, 4.69) is 41.9 Å². The molecule has 0 aliphatic carbocycles. The van der Waals surface area contributed by atoms with Crippen molar-refractivity contribution in [3.63, 3.8) is 0 Å². The quantitative estimate of drug-likeness (QED) is 0.0262. The third-order valence-electron chi connectivity index (χ3n) is 12.9. The molecule has 0 saturated heterocycles. The first kappa shape index (κ1) is 64.7. The lowest BCUT2D eigenvalue weighted by molar-refractivity contribution is -0.877. The van der Waals surface area contributed by atoms with Gasteiger partial charge in [-0.05, 0) is 19.3 Å². The number of halogens is 1.